The van der Waals surface area contributed by atoms with Gasteiger partial charge in [0.1, 0.15) is 6.10 Å². The molecule has 0 bridgehead atoms. The highest BCUT2D eigenvalue weighted by molar-refractivity contribution is 9.11. The van der Waals surface area contributed by atoms with Crippen LogP contribution in [0.15, 0.2) is 16.1 Å². The van der Waals surface area contributed by atoms with Crippen LogP contribution >= 0.6 is 15.9 Å². The van der Waals surface area contributed by atoms with E-state index in [0.29, 0.717) is 13.2 Å². The number of halogens is 1. The van der Waals surface area contributed by atoms with Crippen LogP contribution in [-0.4, -0.2) is 73.6 Å². The van der Waals surface area contributed by atoms with E-state index in [-0.39, 0.29) is 12.0 Å². The zero-order valence-electron chi connectivity index (χ0n) is 13.2. The maximum Gasteiger partial charge on any atom is 0.251 e. The molecule has 1 unspecified atom stereocenters. The largest absolute Gasteiger partial charge is 0.368 e. The lowest BCUT2D eigenvalue weighted by atomic mass is 10.2. The van der Waals surface area contributed by atoms with Crippen LogP contribution in [0.25, 0.3) is 0 Å². The van der Waals surface area contributed by atoms with E-state index in [1.807, 2.05) is 4.90 Å². The van der Waals surface area contributed by atoms with E-state index in [9.17, 15) is 4.79 Å². The molecule has 22 heavy (non-hydrogen) atoms. The Balaban J connectivity index is 1.87. The summed E-state index contributed by atoms with van der Waals surface area (Å²) in [5.41, 5.74) is 0. The van der Waals surface area contributed by atoms with Crippen LogP contribution in [0, 0.1) is 0 Å². The average molecular weight is 373 g/mol. The van der Waals surface area contributed by atoms with Crippen molar-refractivity contribution >= 4 is 27.8 Å². The maximum absolute atomic E-state index is 12.3. The number of carbonyl (C=O) groups is 1. The van der Waals surface area contributed by atoms with Gasteiger partial charge < -0.3 is 19.9 Å². The van der Waals surface area contributed by atoms with Gasteiger partial charge in [-0.3, -0.25) is 4.79 Å². The number of nitrogens with zero attached hydrogens (tertiary/aromatic N) is 3. The standard InChI is InChI=1S/C15H25BrN4O2/c1-3-17-15(18-11-12(2)16)20-8-6-19(7-9-20)14(21)13-5-4-10-22-13/h13H,2-11H2,1H3,(H,17,18). The average Bonchev–Trinajstić information content (AvgIpc) is 3.05. The monoisotopic (exact) mass is 372 g/mol. The Morgan fingerprint density at radius 1 is 1.36 bits per heavy atom. The normalized spacial score (nSPS) is 22.8. The molecule has 2 saturated heterocycles. The van der Waals surface area contributed by atoms with Crippen LogP contribution in [0.2, 0.25) is 0 Å². The fourth-order valence-electron chi connectivity index (χ4n) is 2.70. The fraction of sp³-hybridized carbons (Fsp3) is 0.733. The predicted molar refractivity (Wildman–Crippen MR) is 91.2 cm³/mol. The minimum Gasteiger partial charge on any atom is -0.368 e. The van der Waals surface area contributed by atoms with Gasteiger partial charge in [-0.15, -0.1) is 0 Å². The zero-order valence-corrected chi connectivity index (χ0v) is 14.8. The van der Waals surface area contributed by atoms with Gasteiger partial charge in [-0.05, 0) is 19.8 Å². The molecular weight excluding hydrogens is 348 g/mol. The number of nitrogens with one attached hydrogen (secondary N) is 1. The van der Waals surface area contributed by atoms with Crippen molar-refractivity contribution in [1.82, 2.24) is 15.1 Å². The van der Waals surface area contributed by atoms with E-state index in [4.69, 9.17) is 4.74 Å². The minimum absolute atomic E-state index is 0.146. The van der Waals surface area contributed by atoms with Gasteiger partial charge in [0.2, 0.25) is 0 Å². The first kappa shape index (κ1) is 17.3. The van der Waals surface area contributed by atoms with Gasteiger partial charge in [0.25, 0.3) is 5.91 Å². The first-order valence-electron chi connectivity index (χ1n) is 7.88. The van der Waals surface area contributed by atoms with Crippen LogP contribution < -0.4 is 5.32 Å². The molecule has 7 heteroatoms. The first-order valence-corrected chi connectivity index (χ1v) is 8.68. The van der Waals surface area contributed by atoms with Crippen molar-refractivity contribution in [1.29, 1.82) is 0 Å². The Morgan fingerprint density at radius 3 is 2.59 bits per heavy atom. The number of ether oxygens (including phenoxy) is 1. The molecule has 2 heterocycles. The summed E-state index contributed by atoms with van der Waals surface area (Å²) in [6, 6.07) is 0. The van der Waals surface area contributed by atoms with Crippen molar-refractivity contribution in [3.63, 3.8) is 0 Å². The van der Waals surface area contributed by atoms with E-state index < -0.39 is 0 Å². The summed E-state index contributed by atoms with van der Waals surface area (Å²) in [6.45, 7) is 11.0. The van der Waals surface area contributed by atoms with Crippen molar-refractivity contribution in [2.75, 3.05) is 45.9 Å². The molecular formula is C15H25BrN4O2. The number of aliphatic imine (C=N–C) groups is 1. The van der Waals surface area contributed by atoms with Crippen molar-refractivity contribution < 1.29 is 9.53 Å². The molecule has 0 aromatic heterocycles. The lowest BCUT2D eigenvalue weighted by molar-refractivity contribution is -0.142. The Labute approximate surface area is 140 Å². The summed E-state index contributed by atoms with van der Waals surface area (Å²) in [7, 11) is 0. The first-order chi connectivity index (χ1) is 10.6. The molecule has 2 rings (SSSR count). The predicted octanol–water partition coefficient (Wildman–Crippen LogP) is 1.18. The Kier molecular flexibility index (Phi) is 6.70. The van der Waals surface area contributed by atoms with Gasteiger partial charge >= 0.3 is 0 Å². The van der Waals surface area contributed by atoms with E-state index in [1.165, 1.54) is 0 Å². The van der Waals surface area contributed by atoms with Gasteiger partial charge in [0, 0.05) is 43.8 Å². The van der Waals surface area contributed by atoms with Crippen LogP contribution in [0.3, 0.4) is 0 Å². The molecule has 124 valence electrons. The summed E-state index contributed by atoms with van der Waals surface area (Å²) in [6.07, 6.45) is 1.63. The molecule has 1 atom stereocenters. The van der Waals surface area contributed by atoms with E-state index in [1.54, 1.807) is 0 Å². The Morgan fingerprint density at radius 2 is 2.05 bits per heavy atom. The van der Waals surface area contributed by atoms with Gasteiger partial charge in [-0.2, -0.15) is 0 Å². The van der Waals surface area contributed by atoms with Crippen LogP contribution in [0.5, 0.6) is 0 Å². The maximum atomic E-state index is 12.3. The molecule has 0 aliphatic carbocycles. The van der Waals surface area contributed by atoms with Crippen molar-refractivity contribution in [2.24, 2.45) is 4.99 Å². The number of amides is 1. The van der Waals surface area contributed by atoms with Gasteiger partial charge in [-0.25, -0.2) is 4.99 Å². The van der Waals surface area contributed by atoms with E-state index >= 15 is 0 Å². The highest BCUT2D eigenvalue weighted by Gasteiger charge is 2.30. The van der Waals surface area contributed by atoms with Crippen molar-refractivity contribution in [2.45, 2.75) is 25.9 Å². The Hall–Kier alpha value is -1.08. The summed E-state index contributed by atoms with van der Waals surface area (Å²) >= 11 is 3.33. The highest BCUT2D eigenvalue weighted by atomic mass is 79.9. The number of piperazine rings is 1. The number of hydrogen-bond donors (Lipinski definition) is 1. The number of guanidine groups is 1. The second-order valence-corrected chi connectivity index (χ2v) is 6.62. The molecule has 1 N–H and O–H groups in total. The molecule has 0 aromatic carbocycles. The molecule has 0 radical (unpaired) electrons. The lowest BCUT2D eigenvalue weighted by Crippen LogP contribution is -2.55. The van der Waals surface area contributed by atoms with Crippen LogP contribution in [-0.2, 0) is 9.53 Å². The third kappa shape index (κ3) is 4.71. The smallest absolute Gasteiger partial charge is 0.251 e. The Bertz CT molecular complexity index is 427. The van der Waals surface area contributed by atoms with Crippen molar-refractivity contribution in [3.8, 4) is 0 Å². The molecule has 0 spiro atoms. The lowest BCUT2D eigenvalue weighted by Gasteiger charge is -2.37. The van der Waals surface area contributed by atoms with Crippen molar-refractivity contribution in [3.05, 3.63) is 11.1 Å². The molecule has 2 aliphatic rings. The molecule has 1 amide bonds. The van der Waals surface area contributed by atoms with E-state index in [0.717, 1.165) is 56.0 Å². The molecule has 2 aliphatic heterocycles. The summed E-state index contributed by atoms with van der Waals surface area (Å²) in [5, 5.41) is 3.29. The van der Waals surface area contributed by atoms with Gasteiger partial charge in [0.15, 0.2) is 5.96 Å². The topological polar surface area (TPSA) is 57.2 Å². The number of rotatable bonds is 4. The third-order valence-corrected chi connectivity index (χ3v) is 4.08. The molecule has 0 aromatic rings. The zero-order chi connectivity index (χ0) is 15.9. The quantitative estimate of drug-likeness (QED) is 0.594. The molecule has 0 saturated carbocycles. The second-order valence-electron chi connectivity index (χ2n) is 5.50. The SMILES string of the molecule is C=C(Br)CN=C(NCC)N1CCN(C(=O)C2CCCO2)CC1. The molecule has 2 fully saturated rings. The third-order valence-electron chi connectivity index (χ3n) is 3.83. The summed E-state index contributed by atoms with van der Waals surface area (Å²) in [5.74, 6) is 1.03. The van der Waals surface area contributed by atoms with Crippen LogP contribution in [0.1, 0.15) is 19.8 Å². The molecule has 6 nitrogen and oxygen atoms in total. The van der Waals surface area contributed by atoms with Crippen LogP contribution in [0.4, 0.5) is 0 Å². The summed E-state index contributed by atoms with van der Waals surface area (Å²) in [4.78, 5) is 21.0. The van der Waals surface area contributed by atoms with Gasteiger partial charge in [-0.1, -0.05) is 22.5 Å². The highest BCUT2D eigenvalue weighted by Crippen LogP contribution is 2.16. The number of hydrogen-bond acceptors (Lipinski definition) is 3. The summed E-state index contributed by atoms with van der Waals surface area (Å²) < 4.78 is 6.35. The second kappa shape index (κ2) is 8.53. The van der Waals surface area contributed by atoms with E-state index in [2.05, 4.69) is 44.6 Å². The fourth-order valence-corrected chi connectivity index (χ4v) is 2.83. The minimum atomic E-state index is -0.217. The number of carbonyl (C=O) groups excluding carboxylic acids is 1. The van der Waals surface area contributed by atoms with Gasteiger partial charge in [0.05, 0.1) is 6.54 Å².